The van der Waals surface area contributed by atoms with E-state index in [2.05, 4.69) is 36.2 Å². The van der Waals surface area contributed by atoms with E-state index in [-0.39, 0.29) is 0 Å². The van der Waals surface area contributed by atoms with E-state index < -0.39 is 0 Å². The summed E-state index contributed by atoms with van der Waals surface area (Å²) in [6.07, 6.45) is 4.70. The van der Waals surface area contributed by atoms with Crippen molar-refractivity contribution in [3.8, 4) is 11.3 Å². The second-order valence-electron chi connectivity index (χ2n) is 4.15. The molecule has 1 aromatic heterocycles. The highest BCUT2D eigenvalue weighted by Gasteiger charge is 2.09. The highest BCUT2D eigenvalue weighted by Crippen LogP contribution is 2.22. The van der Waals surface area contributed by atoms with E-state index in [0.717, 1.165) is 30.4 Å². The number of hydrogen-bond acceptors (Lipinski definition) is 2. The summed E-state index contributed by atoms with van der Waals surface area (Å²) in [5.74, 6) is 0. The average molecular weight is 228 g/mol. The quantitative estimate of drug-likeness (QED) is 0.754. The molecule has 0 aliphatic rings. The molecule has 0 aliphatic carbocycles. The van der Waals surface area contributed by atoms with Crippen LogP contribution in [0, 0.1) is 0 Å². The van der Waals surface area contributed by atoms with Crippen molar-refractivity contribution >= 4 is 6.29 Å². The summed E-state index contributed by atoms with van der Waals surface area (Å²) in [7, 11) is 1.90. The summed E-state index contributed by atoms with van der Waals surface area (Å²) < 4.78 is 1.87. The number of rotatable bonds is 4. The van der Waals surface area contributed by atoms with Crippen LogP contribution in [0.5, 0.6) is 0 Å². The molecule has 0 bridgehead atoms. The van der Waals surface area contributed by atoms with Crippen LogP contribution in [-0.4, -0.2) is 15.8 Å². The average Bonchev–Trinajstić information content (AvgIpc) is 2.72. The molecular weight excluding hydrogens is 212 g/mol. The van der Waals surface area contributed by atoms with Gasteiger partial charge in [0.25, 0.3) is 0 Å². The monoisotopic (exact) mass is 228 g/mol. The van der Waals surface area contributed by atoms with E-state index >= 15 is 0 Å². The van der Waals surface area contributed by atoms with Crippen LogP contribution in [0.1, 0.15) is 29.4 Å². The molecule has 3 nitrogen and oxygen atoms in total. The summed E-state index contributed by atoms with van der Waals surface area (Å²) in [6.45, 7) is 2.17. The second-order valence-corrected chi connectivity index (χ2v) is 4.15. The van der Waals surface area contributed by atoms with Crippen LogP contribution in [0.25, 0.3) is 11.3 Å². The Balaban J connectivity index is 2.39. The largest absolute Gasteiger partial charge is 0.333 e. The minimum atomic E-state index is 0.496. The van der Waals surface area contributed by atoms with E-state index in [4.69, 9.17) is 0 Å². The van der Waals surface area contributed by atoms with Crippen LogP contribution in [0.3, 0.4) is 0 Å². The van der Waals surface area contributed by atoms with E-state index in [9.17, 15) is 4.79 Å². The first-order chi connectivity index (χ1) is 8.26. The van der Waals surface area contributed by atoms with Gasteiger partial charge < -0.3 is 4.57 Å². The van der Waals surface area contributed by atoms with Gasteiger partial charge in [-0.3, -0.25) is 4.79 Å². The van der Waals surface area contributed by atoms with Crippen LogP contribution in [0.2, 0.25) is 0 Å². The fourth-order valence-corrected chi connectivity index (χ4v) is 2.00. The van der Waals surface area contributed by atoms with Crippen LogP contribution in [0.4, 0.5) is 0 Å². The van der Waals surface area contributed by atoms with Gasteiger partial charge in [0, 0.05) is 12.6 Å². The lowest BCUT2D eigenvalue weighted by atomic mass is 10.1. The van der Waals surface area contributed by atoms with Gasteiger partial charge in [-0.05, 0) is 12.0 Å². The molecule has 2 aromatic rings. The molecule has 1 aromatic carbocycles. The molecule has 17 heavy (non-hydrogen) atoms. The predicted octanol–water partition coefficient (Wildman–Crippen LogP) is 2.85. The first kappa shape index (κ1) is 11.6. The fourth-order valence-electron chi connectivity index (χ4n) is 2.00. The Morgan fingerprint density at radius 3 is 2.59 bits per heavy atom. The van der Waals surface area contributed by atoms with Crippen molar-refractivity contribution in [1.82, 2.24) is 9.55 Å². The number of aromatic nitrogens is 2. The number of carbonyl (C=O) groups excluding carboxylic acids is 1. The zero-order chi connectivity index (χ0) is 12.3. The van der Waals surface area contributed by atoms with Crippen molar-refractivity contribution in [1.29, 1.82) is 0 Å². The number of hydrogen-bond donors (Lipinski definition) is 0. The van der Waals surface area contributed by atoms with Crippen LogP contribution in [0.15, 0.2) is 30.6 Å². The van der Waals surface area contributed by atoms with Gasteiger partial charge in [-0.1, -0.05) is 37.6 Å². The molecule has 0 saturated carbocycles. The molecule has 0 amide bonds. The summed E-state index contributed by atoms with van der Waals surface area (Å²) in [6, 6.07) is 8.32. The predicted molar refractivity (Wildman–Crippen MR) is 68.0 cm³/mol. The lowest BCUT2D eigenvalue weighted by Crippen LogP contribution is -1.93. The third-order valence-electron chi connectivity index (χ3n) is 2.84. The number of carbonyl (C=O) groups is 1. The normalized spacial score (nSPS) is 10.5. The minimum Gasteiger partial charge on any atom is -0.333 e. The standard InChI is InChI=1S/C14H16N2O/c1-3-4-11-5-7-12(8-6-11)14-13(9-17)15-10-16(14)2/h5-10H,3-4H2,1-2H3. The zero-order valence-electron chi connectivity index (χ0n) is 10.2. The van der Waals surface area contributed by atoms with Crippen LogP contribution < -0.4 is 0 Å². The topological polar surface area (TPSA) is 34.9 Å². The van der Waals surface area contributed by atoms with Gasteiger partial charge in [0.15, 0.2) is 6.29 Å². The minimum absolute atomic E-state index is 0.496. The smallest absolute Gasteiger partial charge is 0.170 e. The molecule has 0 atom stereocenters. The van der Waals surface area contributed by atoms with Gasteiger partial charge in [0.2, 0.25) is 0 Å². The van der Waals surface area contributed by atoms with Crippen molar-refractivity contribution in [2.45, 2.75) is 19.8 Å². The molecule has 0 N–H and O–H groups in total. The van der Waals surface area contributed by atoms with E-state index in [1.807, 2.05) is 11.6 Å². The molecular formula is C14H16N2O. The maximum Gasteiger partial charge on any atom is 0.170 e. The van der Waals surface area contributed by atoms with E-state index in [1.54, 1.807) is 6.33 Å². The van der Waals surface area contributed by atoms with Gasteiger partial charge in [0.05, 0.1) is 12.0 Å². The third-order valence-corrected chi connectivity index (χ3v) is 2.84. The first-order valence-corrected chi connectivity index (χ1v) is 5.82. The SMILES string of the molecule is CCCc1ccc(-c2c(C=O)ncn2C)cc1. The van der Waals surface area contributed by atoms with E-state index in [1.165, 1.54) is 5.56 Å². The zero-order valence-corrected chi connectivity index (χ0v) is 10.2. The molecule has 88 valence electrons. The summed E-state index contributed by atoms with van der Waals surface area (Å²) in [5.41, 5.74) is 3.73. The fraction of sp³-hybridized carbons (Fsp3) is 0.286. The summed E-state index contributed by atoms with van der Waals surface area (Å²) in [5, 5.41) is 0. The number of nitrogens with zero attached hydrogens (tertiary/aromatic N) is 2. The van der Waals surface area contributed by atoms with Gasteiger partial charge in [-0.2, -0.15) is 0 Å². The Hall–Kier alpha value is -1.90. The number of aldehydes is 1. The number of imidazole rings is 1. The lowest BCUT2D eigenvalue weighted by Gasteiger charge is -2.05. The summed E-state index contributed by atoms with van der Waals surface area (Å²) >= 11 is 0. The van der Waals surface area contributed by atoms with Crippen molar-refractivity contribution in [2.24, 2.45) is 7.05 Å². The second kappa shape index (κ2) is 4.95. The Kier molecular flexibility index (Phi) is 3.38. The highest BCUT2D eigenvalue weighted by molar-refractivity contribution is 5.83. The number of aryl methyl sites for hydroxylation is 2. The van der Waals surface area contributed by atoms with Gasteiger partial charge >= 0.3 is 0 Å². The van der Waals surface area contributed by atoms with Crippen LogP contribution >= 0.6 is 0 Å². The molecule has 0 saturated heterocycles. The molecule has 1 heterocycles. The van der Waals surface area contributed by atoms with Crippen molar-refractivity contribution in [2.75, 3.05) is 0 Å². The Bertz CT molecular complexity index is 512. The molecule has 0 spiro atoms. The Labute approximate surface area is 101 Å². The van der Waals surface area contributed by atoms with Crippen molar-refractivity contribution in [3.05, 3.63) is 41.9 Å². The Morgan fingerprint density at radius 2 is 2.00 bits per heavy atom. The Morgan fingerprint density at radius 1 is 1.29 bits per heavy atom. The van der Waals surface area contributed by atoms with E-state index in [0.29, 0.717) is 5.69 Å². The lowest BCUT2D eigenvalue weighted by molar-refractivity contribution is 0.112. The maximum absolute atomic E-state index is 10.9. The molecule has 2 rings (SSSR count). The maximum atomic E-state index is 10.9. The van der Waals surface area contributed by atoms with Gasteiger partial charge in [0.1, 0.15) is 5.69 Å². The molecule has 3 heteroatoms. The third kappa shape index (κ3) is 2.28. The molecule has 0 aliphatic heterocycles. The van der Waals surface area contributed by atoms with Crippen LogP contribution in [-0.2, 0) is 13.5 Å². The van der Waals surface area contributed by atoms with Gasteiger partial charge in [-0.25, -0.2) is 4.98 Å². The molecule has 0 unspecified atom stereocenters. The first-order valence-electron chi connectivity index (χ1n) is 5.82. The molecule has 0 fully saturated rings. The highest BCUT2D eigenvalue weighted by atomic mass is 16.1. The van der Waals surface area contributed by atoms with Crippen molar-refractivity contribution in [3.63, 3.8) is 0 Å². The number of benzene rings is 1. The summed E-state index contributed by atoms with van der Waals surface area (Å²) in [4.78, 5) is 15.0. The molecule has 0 radical (unpaired) electrons. The van der Waals surface area contributed by atoms with Crippen molar-refractivity contribution < 1.29 is 4.79 Å². The van der Waals surface area contributed by atoms with Gasteiger partial charge in [-0.15, -0.1) is 0 Å².